The van der Waals surface area contributed by atoms with Crippen LogP contribution in [0.2, 0.25) is 0 Å². The third-order valence-electron chi connectivity index (χ3n) is 2.20. The van der Waals surface area contributed by atoms with Gasteiger partial charge in [0.15, 0.2) is 0 Å². The van der Waals surface area contributed by atoms with E-state index in [0.29, 0.717) is 12.1 Å². The summed E-state index contributed by atoms with van der Waals surface area (Å²) in [6.45, 7) is 9.00. The molecule has 1 nitrogen and oxygen atoms in total. The third kappa shape index (κ3) is 11.2. The van der Waals surface area contributed by atoms with Crippen LogP contribution in [0.3, 0.4) is 0 Å². The minimum Gasteiger partial charge on any atom is -1.00 e. The number of rotatable bonds is 3. The van der Waals surface area contributed by atoms with Crippen LogP contribution >= 0.6 is 0 Å². The first-order chi connectivity index (χ1) is 5.63. The third-order valence-corrected chi connectivity index (χ3v) is 2.20. The fraction of sp³-hybridized carbons (Fsp3) is 0.636. The van der Waals surface area contributed by atoms with E-state index in [-0.39, 0.29) is 80.6 Å². The average Bonchev–Trinajstić information content (AvgIpc) is 2.37. The summed E-state index contributed by atoms with van der Waals surface area (Å²) in [6, 6.07) is 1.22. The quantitative estimate of drug-likeness (QED) is 0.461. The average molecular weight is 393 g/mol. The van der Waals surface area contributed by atoms with E-state index >= 15 is 0 Å². The van der Waals surface area contributed by atoms with Gasteiger partial charge in [-0.2, -0.15) is 0 Å². The van der Waals surface area contributed by atoms with E-state index in [1.807, 2.05) is 0 Å². The first-order valence-electron chi connectivity index (χ1n) is 4.77. The topological polar surface area (TPSA) is 3.24 Å². The standard InChI is InChI=1S/C11H19N.5ClH.V/c1-9(2)12(10(3)4)11-7-5-6-8-11;;;;;;/h5-7,9-10H,8H2,1-4H3;5*1H;/q;;;;;;+5/p-5. The van der Waals surface area contributed by atoms with Gasteiger partial charge in [0.05, 0.1) is 0 Å². The van der Waals surface area contributed by atoms with Gasteiger partial charge in [-0.25, -0.2) is 0 Å². The maximum absolute atomic E-state index is 2.47. The molecule has 1 rings (SSSR count). The molecule has 0 N–H and O–H groups in total. The van der Waals surface area contributed by atoms with Gasteiger partial charge in [0.1, 0.15) is 0 Å². The molecule has 1 aliphatic rings. The first-order valence-corrected chi connectivity index (χ1v) is 4.77. The molecular formula is C11H19Cl5NV. The Morgan fingerprint density at radius 1 is 0.889 bits per heavy atom. The molecule has 0 fully saturated rings. The Bertz CT molecular complexity index is 211. The monoisotopic (exact) mass is 391 g/mol. The van der Waals surface area contributed by atoms with E-state index in [4.69, 9.17) is 0 Å². The summed E-state index contributed by atoms with van der Waals surface area (Å²) < 4.78 is 0. The fourth-order valence-corrected chi connectivity index (χ4v) is 1.89. The number of hydrogen-bond acceptors (Lipinski definition) is 1. The molecule has 18 heavy (non-hydrogen) atoms. The second-order valence-electron chi connectivity index (χ2n) is 3.89. The minimum absolute atomic E-state index is 0. The maximum Gasteiger partial charge on any atom is 5.00 e. The van der Waals surface area contributed by atoms with Crippen LogP contribution < -0.4 is 62.0 Å². The summed E-state index contributed by atoms with van der Waals surface area (Å²) in [5.41, 5.74) is 1.46. The van der Waals surface area contributed by atoms with Crippen LogP contribution in [0.4, 0.5) is 0 Å². The van der Waals surface area contributed by atoms with Crippen LogP contribution in [0, 0.1) is 0 Å². The second kappa shape index (κ2) is 18.3. The molecule has 0 spiro atoms. The van der Waals surface area contributed by atoms with Crippen molar-refractivity contribution in [2.45, 2.75) is 46.2 Å². The van der Waals surface area contributed by atoms with E-state index in [0.717, 1.165) is 6.42 Å². The van der Waals surface area contributed by atoms with Crippen LogP contribution in [0.1, 0.15) is 34.1 Å². The van der Waals surface area contributed by atoms with Crippen LogP contribution in [0.5, 0.6) is 0 Å². The minimum atomic E-state index is 0. The summed E-state index contributed by atoms with van der Waals surface area (Å²) in [7, 11) is 0. The molecule has 0 saturated heterocycles. The smallest absolute Gasteiger partial charge is 1.00 e. The van der Waals surface area contributed by atoms with Crippen molar-refractivity contribution < 1.29 is 80.6 Å². The van der Waals surface area contributed by atoms with Gasteiger partial charge in [-0.05, 0) is 33.8 Å². The molecule has 0 aromatic rings. The zero-order valence-electron chi connectivity index (χ0n) is 10.9. The second-order valence-corrected chi connectivity index (χ2v) is 3.89. The van der Waals surface area contributed by atoms with Gasteiger partial charge in [0, 0.05) is 24.2 Å². The molecule has 0 aromatic heterocycles. The molecule has 0 amide bonds. The molecule has 0 bridgehead atoms. The van der Waals surface area contributed by atoms with Crippen molar-refractivity contribution in [1.29, 1.82) is 0 Å². The Hall–Kier alpha value is 1.31. The molecule has 0 unspecified atom stereocenters. The molecular weight excluding hydrogens is 374 g/mol. The summed E-state index contributed by atoms with van der Waals surface area (Å²) in [5, 5.41) is 0. The SMILES string of the molecule is CC(C)N(C1=CC=CC1)C(C)C.[Cl-].[Cl-].[Cl-].[Cl-].[Cl-].[V+5]. The zero-order chi connectivity index (χ0) is 9.14. The number of hydrogen-bond donors (Lipinski definition) is 0. The summed E-state index contributed by atoms with van der Waals surface area (Å²) >= 11 is 0. The number of halogens is 5. The van der Waals surface area contributed by atoms with Crippen molar-refractivity contribution in [2.24, 2.45) is 0 Å². The van der Waals surface area contributed by atoms with E-state index in [1.54, 1.807) is 0 Å². The van der Waals surface area contributed by atoms with Gasteiger partial charge < -0.3 is 66.9 Å². The molecule has 0 heterocycles. The first kappa shape index (κ1) is 36.5. The van der Waals surface area contributed by atoms with Crippen molar-refractivity contribution in [1.82, 2.24) is 4.90 Å². The van der Waals surface area contributed by atoms with E-state index in [2.05, 4.69) is 50.8 Å². The largest absolute Gasteiger partial charge is 5.00 e. The Balaban J connectivity index is -0.0000000600. The molecule has 0 aliphatic heterocycles. The summed E-state index contributed by atoms with van der Waals surface area (Å²) in [4.78, 5) is 2.47. The molecule has 1 aliphatic carbocycles. The van der Waals surface area contributed by atoms with Gasteiger partial charge in [-0.3, -0.25) is 0 Å². The zero-order valence-corrected chi connectivity index (χ0v) is 16.1. The van der Waals surface area contributed by atoms with Gasteiger partial charge >= 0.3 is 18.6 Å². The van der Waals surface area contributed by atoms with Gasteiger partial charge in [0.2, 0.25) is 0 Å². The van der Waals surface area contributed by atoms with Crippen LogP contribution in [0.25, 0.3) is 0 Å². The molecule has 0 radical (unpaired) electrons. The van der Waals surface area contributed by atoms with Crippen molar-refractivity contribution >= 4 is 0 Å². The molecule has 7 heteroatoms. The van der Waals surface area contributed by atoms with E-state index in [9.17, 15) is 0 Å². The van der Waals surface area contributed by atoms with Gasteiger partial charge in [-0.15, -0.1) is 0 Å². The van der Waals surface area contributed by atoms with E-state index in [1.165, 1.54) is 5.70 Å². The van der Waals surface area contributed by atoms with Crippen molar-refractivity contribution in [3.05, 3.63) is 23.9 Å². The van der Waals surface area contributed by atoms with Crippen molar-refractivity contribution in [3.63, 3.8) is 0 Å². The summed E-state index contributed by atoms with van der Waals surface area (Å²) in [6.07, 6.45) is 7.69. The van der Waals surface area contributed by atoms with E-state index < -0.39 is 0 Å². The molecule has 108 valence electrons. The Labute approximate surface area is 155 Å². The van der Waals surface area contributed by atoms with Gasteiger partial charge in [-0.1, -0.05) is 12.2 Å². The number of nitrogens with zero attached hydrogens (tertiary/aromatic N) is 1. The summed E-state index contributed by atoms with van der Waals surface area (Å²) in [5.74, 6) is 0. The Morgan fingerprint density at radius 3 is 1.50 bits per heavy atom. The van der Waals surface area contributed by atoms with Gasteiger partial charge in [0.25, 0.3) is 0 Å². The van der Waals surface area contributed by atoms with Crippen LogP contribution in [0.15, 0.2) is 23.9 Å². The van der Waals surface area contributed by atoms with Crippen LogP contribution in [-0.4, -0.2) is 17.0 Å². The fourth-order valence-electron chi connectivity index (χ4n) is 1.89. The van der Waals surface area contributed by atoms with Crippen molar-refractivity contribution in [3.8, 4) is 0 Å². The predicted molar refractivity (Wildman–Crippen MR) is 54.0 cm³/mol. The number of allylic oxidation sites excluding steroid dienone is 3. The normalized spacial score (nSPS) is 10.7. The molecule has 0 saturated carbocycles. The molecule has 0 atom stereocenters. The predicted octanol–water partition coefficient (Wildman–Crippen LogP) is -12.0. The van der Waals surface area contributed by atoms with Crippen molar-refractivity contribution in [2.75, 3.05) is 0 Å². The Morgan fingerprint density at radius 2 is 1.28 bits per heavy atom. The molecule has 0 aromatic carbocycles. The Kier molecular flexibility index (Phi) is 37.2. The van der Waals surface area contributed by atoms with Crippen LogP contribution in [-0.2, 0) is 18.6 Å². The maximum atomic E-state index is 2.47.